The molecule has 5 nitrogen and oxygen atoms in total. The maximum Gasteiger partial charge on any atom is 0.320 e. The van der Waals surface area contributed by atoms with E-state index in [1.807, 2.05) is 9.80 Å². The molecule has 2 aliphatic rings. The summed E-state index contributed by atoms with van der Waals surface area (Å²) in [7, 11) is 0. The summed E-state index contributed by atoms with van der Waals surface area (Å²) in [6, 6.07) is 0.548. The van der Waals surface area contributed by atoms with E-state index in [1.54, 1.807) is 13.8 Å². The van der Waals surface area contributed by atoms with Crippen molar-refractivity contribution < 1.29 is 14.7 Å². The molecule has 0 saturated carbocycles. The van der Waals surface area contributed by atoms with Crippen LogP contribution in [0.3, 0.4) is 0 Å². The molecule has 2 saturated heterocycles. The van der Waals surface area contributed by atoms with Gasteiger partial charge in [-0.3, -0.25) is 4.79 Å². The smallest absolute Gasteiger partial charge is 0.320 e. The Balaban J connectivity index is 1.81. The lowest BCUT2D eigenvalue weighted by Gasteiger charge is -2.27. The van der Waals surface area contributed by atoms with Crippen molar-refractivity contribution in [2.24, 2.45) is 5.41 Å². The van der Waals surface area contributed by atoms with Crippen LogP contribution in [0, 0.1) is 5.41 Å². The Morgan fingerprint density at radius 2 is 2.16 bits per heavy atom. The summed E-state index contributed by atoms with van der Waals surface area (Å²) in [5, 5.41) is 9.06. The van der Waals surface area contributed by atoms with E-state index >= 15 is 0 Å². The van der Waals surface area contributed by atoms with Gasteiger partial charge in [-0.05, 0) is 46.0 Å². The van der Waals surface area contributed by atoms with Crippen molar-refractivity contribution in [3.8, 4) is 0 Å². The van der Waals surface area contributed by atoms with E-state index in [1.165, 1.54) is 6.42 Å². The van der Waals surface area contributed by atoms with Crippen molar-refractivity contribution >= 4 is 12.0 Å². The zero-order valence-electron chi connectivity index (χ0n) is 11.9. The minimum atomic E-state index is -0.766. The number of nitrogens with zero attached hydrogens (tertiary/aromatic N) is 2. The Kier molecular flexibility index (Phi) is 4.02. The van der Waals surface area contributed by atoms with Crippen molar-refractivity contribution in [3.05, 3.63) is 0 Å². The maximum absolute atomic E-state index is 12.2. The summed E-state index contributed by atoms with van der Waals surface area (Å²) in [6.07, 6.45) is 4.81. The number of urea groups is 1. The molecule has 5 heteroatoms. The summed E-state index contributed by atoms with van der Waals surface area (Å²) in [6.45, 7) is 5.88. The van der Waals surface area contributed by atoms with Gasteiger partial charge in [0.15, 0.2) is 0 Å². The number of carbonyl (C=O) groups is 2. The zero-order valence-corrected chi connectivity index (χ0v) is 11.9. The van der Waals surface area contributed by atoms with E-state index in [0.717, 1.165) is 32.4 Å². The first-order valence-corrected chi connectivity index (χ1v) is 7.21. The number of carboxylic acids is 1. The Morgan fingerprint density at radius 3 is 2.79 bits per heavy atom. The van der Waals surface area contributed by atoms with E-state index < -0.39 is 11.4 Å². The van der Waals surface area contributed by atoms with Gasteiger partial charge in [0.25, 0.3) is 0 Å². The first-order chi connectivity index (χ1) is 8.92. The van der Waals surface area contributed by atoms with Crippen molar-refractivity contribution in [1.82, 2.24) is 9.80 Å². The second kappa shape index (κ2) is 5.39. The first kappa shape index (κ1) is 14.2. The number of carboxylic acid groups (broad SMARTS) is 1. The number of carbonyl (C=O) groups excluding carboxylic acids is 1. The van der Waals surface area contributed by atoms with Crippen LogP contribution in [0.15, 0.2) is 0 Å². The molecule has 0 aromatic carbocycles. The van der Waals surface area contributed by atoms with Gasteiger partial charge < -0.3 is 14.9 Å². The first-order valence-electron chi connectivity index (χ1n) is 7.21. The van der Waals surface area contributed by atoms with Crippen molar-refractivity contribution in [2.45, 2.75) is 52.0 Å². The number of hydrogen-bond acceptors (Lipinski definition) is 2. The predicted molar refractivity (Wildman–Crippen MR) is 72.0 cm³/mol. The molecule has 1 atom stereocenters. The van der Waals surface area contributed by atoms with E-state index in [0.29, 0.717) is 19.0 Å². The van der Waals surface area contributed by atoms with Gasteiger partial charge in [-0.15, -0.1) is 0 Å². The third kappa shape index (κ3) is 3.01. The molecule has 2 fully saturated rings. The van der Waals surface area contributed by atoms with Gasteiger partial charge in [-0.25, -0.2) is 4.79 Å². The topological polar surface area (TPSA) is 60.9 Å². The Labute approximate surface area is 114 Å². The Hall–Kier alpha value is -1.26. The largest absolute Gasteiger partial charge is 0.481 e. The zero-order chi connectivity index (χ0) is 14.0. The molecule has 108 valence electrons. The minimum Gasteiger partial charge on any atom is -0.481 e. The van der Waals surface area contributed by atoms with Crippen LogP contribution in [-0.4, -0.2) is 52.6 Å². The second-order valence-corrected chi connectivity index (χ2v) is 6.36. The van der Waals surface area contributed by atoms with Crippen molar-refractivity contribution in [3.63, 3.8) is 0 Å². The molecule has 0 radical (unpaired) electrons. The molecular weight excluding hydrogens is 244 g/mol. The second-order valence-electron chi connectivity index (χ2n) is 6.36. The molecule has 2 aliphatic heterocycles. The molecule has 2 heterocycles. The lowest BCUT2D eigenvalue weighted by Crippen LogP contribution is -2.38. The van der Waals surface area contributed by atoms with Gasteiger partial charge in [0.1, 0.15) is 0 Å². The highest BCUT2D eigenvalue weighted by molar-refractivity contribution is 5.77. The highest BCUT2D eigenvalue weighted by Gasteiger charge is 2.38. The number of piperidine rings is 1. The standard InChI is InChI=1S/C14H24N2O3/c1-14(2,12(17)18)7-5-8-15-10-11-6-3-4-9-16(11)13(15)19/h11H,3-10H2,1-2H3,(H,17,18). The van der Waals surface area contributed by atoms with E-state index in [-0.39, 0.29) is 6.03 Å². The summed E-state index contributed by atoms with van der Waals surface area (Å²) in [5.41, 5.74) is -0.699. The van der Waals surface area contributed by atoms with Gasteiger partial charge in [0.05, 0.1) is 11.5 Å². The van der Waals surface area contributed by atoms with Gasteiger partial charge in [0.2, 0.25) is 0 Å². The van der Waals surface area contributed by atoms with Crippen LogP contribution in [0.25, 0.3) is 0 Å². The quantitative estimate of drug-likeness (QED) is 0.831. The minimum absolute atomic E-state index is 0.151. The molecule has 0 spiro atoms. The van der Waals surface area contributed by atoms with E-state index in [4.69, 9.17) is 5.11 Å². The van der Waals surface area contributed by atoms with Crippen molar-refractivity contribution in [2.75, 3.05) is 19.6 Å². The van der Waals surface area contributed by atoms with Crippen LogP contribution in [0.1, 0.15) is 46.0 Å². The fourth-order valence-corrected chi connectivity index (χ4v) is 2.96. The highest BCUT2D eigenvalue weighted by Crippen LogP contribution is 2.27. The summed E-state index contributed by atoms with van der Waals surface area (Å²) < 4.78 is 0. The fraction of sp³-hybridized carbons (Fsp3) is 0.857. The molecule has 19 heavy (non-hydrogen) atoms. The number of amides is 2. The Morgan fingerprint density at radius 1 is 1.42 bits per heavy atom. The van der Waals surface area contributed by atoms with Crippen molar-refractivity contribution in [1.29, 1.82) is 0 Å². The lowest BCUT2D eigenvalue weighted by molar-refractivity contribution is -0.147. The Bertz CT molecular complexity index is 368. The summed E-state index contributed by atoms with van der Waals surface area (Å²) in [4.78, 5) is 27.1. The molecule has 0 bridgehead atoms. The predicted octanol–water partition coefficient (Wildman–Crippen LogP) is 2.17. The summed E-state index contributed by atoms with van der Waals surface area (Å²) >= 11 is 0. The third-order valence-electron chi connectivity index (χ3n) is 4.38. The van der Waals surface area contributed by atoms with Crippen LogP contribution in [0.4, 0.5) is 4.79 Å². The average Bonchev–Trinajstić information content (AvgIpc) is 2.67. The number of aliphatic carboxylic acids is 1. The third-order valence-corrected chi connectivity index (χ3v) is 4.38. The van der Waals surface area contributed by atoms with E-state index in [9.17, 15) is 9.59 Å². The normalized spacial score (nSPS) is 23.7. The van der Waals surface area contributed by atoms with Crippen LogP contribution >= 0.6 is 0 Å². The molecule has 2 rings (SSSR count). The number of fused-ring (bicyclic) bond motifs is 1. The highest BCUT2D eigenvalue weighted by atomic mass is 16.4. The maximum atomic E-state index is 12.2. The van der Waals surface area contributed by atoms with Crippen LogP contribution in [0.2, 0.25) is 0 Å². The summed E-state index contributed by atoms with van der Waals surface area (Å²) in [5.74, 6) is -0.766. The molecular formula is C14H24N2O3. The molecule has 0 aromatic heterocycles. The molecule has 1 unspecified atom stereocenters. The fourth-order valence-electron chi connectivity index (χ4n) is 2.96. The van der Waals surface area contributed by atoms with Gasteiger partial charge in [-0.1, -0.05) is 0 Å². The monoisotopic (exact) mass is 268 g/mol. The molecule has 2 amide bonds. The molecule has 1 N–H and O–H groups in total. The van der Waals surface area contributed by atoms with Gasteiger partial charge >= 0.3 is 12.0 Å². The van der Waals surface area contributed by atoms with Crippen LogP contribution in [-0.2, 0) is 4.79 Å². The van der Waals surface area contributed by atoms with E-state index in [2.05, 4.69) is 0 Å². The van der Waals surface area contributed by atoms with Gasteiger partial charge in [0, 0.05) is 19.6 Å². The van der Waals surface area contributed by atoms with Crippen LogP contribution < -0.4 is 0 Å². The number of hydrogen-bond donors (Lipinski definition) is 1. The molecule has 0 aliphatic carbocycles. The average molecular weight is 268 g/mol. The number of rotatable bonds is 5. The lowest BCUT2D eigenvalue weighted by atomic mass is 9.88. The van der Waals surface area contributed by atoms with Crippen LogP contribution in [0.5, 0.6) is 0 Å². The van der Waals surface area contributed by atoms with Gasteiger partial charge in [-0.2, -0.15) is 0 Å². The molecule has 0 aromatic rings. The SMILES string of the molecule is CC(C)(CCCN1CC2CCCCN2C1=O)C(=O)O.